The lowest BCUT2D eigenvalue weighted by Crippen LogP contribution is -2.30. The Morgan fingerprint density at radius 1 is 0.389 bits per heavy atom. The maximum atomic E-state index is 12.9. The Bertz CT molecular complexity index is 1350. The fourth-order valence-corrected chi connectivity index (χ4v) is 9.23. The Kier molecular flexibility index (Phi) is 53.2. The molecule has 0 aliphatic carbocycles. The summed E-state index contributed by atoms with van der Waals surface area (Å²) in [6.45, 7) is 4.62. The molecule has 0 spiro atoms. The number of hydrogen-bond donors (Lipinski definition) is 2. The van der Waals surface area contributed by atoms with Crippen molar-refractivity contribution >= 4 is 25.7 Å². The van der Waals surface area contributed by atoms with E-state index in [2.05, 4.69) is 57.2 Å². The summed E-state index contributed by atoms with van der Waals surface area (Å²) >= 11 is 0. The van der Waals surface area contributed by atoms with Crippen molar-refractivity contribution in [3.8, 4) is 0 Å². The first-order valence-electron chi connectivity index (χ1n) is 29.9. The molecule has 0 radical (unpaired) electrons. The third kappa shape index (κ3) is 52.6. The zero-order valence-corrected chi connectivity index (χ0v) is 47.6. The highest BCUT2D eigenvalue weighted by atomic mass is 31.2. The lowest BCUT2D eigenvalue weighted by molar-refractivity contribution is -0.161. The van der Waals surface area contributed by atoms with Gasteiger partial charge in [0.2, 0.25) is 0 Å². The molecule has 0 aromatic rings. The first-order chi connectivity index (χ1) is 35.2. The van der Waals surface area contributed by atoms with Crippen molar-refractivity contribution in [1.82, 2.24) is 0 Å². The van der Waals surface area contributed by atoms with E-state index in [1.165, 1.54) is 128 Å². The minimum Gasteiger partial charge on any atom is -0.462 e. The molecule has 72 heavy (non-hydrogen) atoms. The van der Waals surface area contributed by atoms with Gasteiger partial charge < -0.3 is 24.2 Å². The van der Waals surface area contributed by atoms with Gasteiger partial charge in [0.05, 0.1) is 19.8 Å². The van der Waals surface area contributed by atoms with E-state index >= 15 is 0 Å². The number of aliphatic hydroxyl groups excluding tert-OH is 1. The van der Waals surface area contributed by atoms with Gasteiger partial charge >= 0.3 is 25.7 Å². The smallest absolute Gasteiger partial charge is 0.462 e. The van der Waals surface area contributed by atoms with E-state index in [9.17, 15) is 28.9 Å². The summed E-state index contributed by atoms with van der Waals surface area (Å²) in [4.78, 5) is 48.5. The minimum atomic E-state index is -4.75. The van der Waals surface area contributed by atoms with Crippen LogP contribution in [0.2, 0.25) is 0 Å². The number of phosphoric ester groups is 1. The highest BCUT2D eigenvalue weighted by Crippen LogP contribution is 2.43. The molecular weight excluding hydrogens is 928 g/mol. The average Bonchev–Trinajstić information content (AvgIpc) is 3.37. The highest BCUT2D eigenvalue weighted by molar-refractivity contribution is 7.47. The standard InChI is InChI=1S/C60H111O11P/c1-4-7-10-13-16-19-22-25-27-28-30-32-34-37-40-43-46-49-58(62)67-53-57(71-60(64)51-48-45-42-39-36-33-29-26-23-20-17-14-11-8-5-2)55-69-72(65,66)68-54-56(52-61)70-59(63)50-47-44-41-38-35-31-24-21-18-15-12-9-6-3/h17,20-21,24,26,29,56-57,61H,4-16,18-19,22-23,25,27-28,30-55H2,1-3H3,(H,65,66)/b20-17-,24-21-,29-26-. The molecule has 3 atom stereocenters. The van der Waals surface area contributed by atoms with E-state index in [0.29, 0.717) is 19.3 Å². The normalized spacial score (nSPS) is 13.6. The van der Waals surface area contributed by atoms with E-state index in [4.69, 9.17) is 23.3 Å². The molecule has 0 heterocycles. The second-order valence-corrected chi connectivity index (χ2v) is 21.6. The number of unbranched alkanes of at least 4 members (excludes halogenated alkanes) is 33. The lowest BCUT2D eigenvalue weighted by Gasteiger charge is -2.21. The molecule has 0 fully saturated rings. The van der Waals surface area contributed by atoms with Crippen LogP contribution in [-0.4, -0.2) is 66.5 Å². The third-order valence-corrected chi connectivity index (χ3v) is 14.0. The van der Waals surface area contributed by atoms with Gasteiger partial charge in [0, 0.05) is 19.3 Å². The van der Waals surface area contributed by atoms with Crippen LogP contribution < -0.4 is 0 Å². The zero-order valence-electron chi connectivity index (χ0n) is 46.7. The van der Waals surface area contributed by atoms with Gasteiger partial charge in [0.1, 0.15) is 12.7 Å². The van der Waals surface area contributed by atoms with E-state index < -0.39 is 57.8 Å². The molecule has 2 N–H and O–H groups in total. The van der Waals surface area contributed by atoms with Crippen LogP contribution in [0.3, 0.4) is 0 Å². The highest BCUT2D eigenvalue weighted by Gasteiger charge is 2.28. The molecule has 0 aromatic heterocycles. The summed E-state index contributed by atoms with van der Waals surface area (Å²) in [6.07, 6.45) is 56.7. The van der Waals surface area contributed by atoms with E-state index in [1.807, 2.05) is 0 Å². The Balaban J connectivity index is 4.71. The second kappa shape index (κ2) is 54.9. The largest absolute Gasteiger partial charge is 0.472 e. The molecule has 0 saturated carbocycles. The topological polar surface area (TPSA) is 155 Å². The van der Waals surface area contributed by atoms with Crippen LogP contribution in [0.25, 0.3) is 0 Å². The second-order valence-electron chi connectivity index (χ2n) is 20.2. The number of ether oxygens (including phenoxy) is 3. The van der Waals surface area contributed by atoms with Crippen LogP contribution in [-0.2, 0) is 42.2 Å². The quantitative estimate of drug-likeness (QED) is 0.0197. The summed E-state index contributed by atoms with van der Waals surface area (Å²) in [5, 5.41) is 9.81. The van der Waals surface area contributed by atoms with Crippen molar-refractivity contribution < 1.29 is 52.2 Å². The van der Waals surface area contributed by atoms with Gasteiger partial charge in [-0.05, 0) is 77.0 Å². The van der Waals surface area contributed by atoms with Gasteiger partial charge in [0.15, 0.2) is 6.10 Å². The molecule has 0 aromatic carbocycles. The number of rotatable bonds is 56. The Morgan fingerprint density at radius 3 is 1.08 bits per heavy atom. The summed E-state index contributed by atoms with van der Waals surface area (Å²) < 4.78 is 39.5. The summed E-state index contributed by atoms with van der Waals surface area (Å²) in [5.41, 5.74) is 0. The Labute approximate surface area is 441 Å². The molecule has 0 rings (SSSR count). The number of esters is 3. The molecule has 0 amide bonds. The molecule has 0 aliphatic heterocycles. The number of phosphoric acid groups is 1. The summed E-state index contributed by atoms with van der Waals surface area (Å²) in [5.74, 6) is -1.47. The van der Waals surface area contributed by atoms with Gasteiger partial charge in [-0.15, -0.1) is 0 Å². The van der Waals surface area contributed by atoms with Crippen LogP contribution in [0.15, 0.2) is 36.5 Å². The predicted octanol–water partition coefficient (Wildman–Crippen LogP) is 17.6. The molecule has 0 saturated heterocycles. The van der Waals surface area contributed by atoms with Crippen molar-refractivity contribution in [2.24, 2.45) is 0 Å². The molecule has 11 nitrogen and oxygen atoms in total. The van der Waals surface area contributed by atoms with Crippen LogP contribution in [0.5, 0.6) is 0 Å². The summed E-state index contributed by atoms with van der Waals surface area (Å²) in [7, 11) is -4.75. The first kappa shape index (κ1) is 69.7. The Hall–Kier alpha value is -2.30. The van der Waals surface area contributed by atoms with Crippen molar-refractivity contribution in [2.75, 3.05) is 26.4 Å². The number of aliphatic hydroxyl groups is 1. The lowest BCUT2D eigenvalue weighted by atomic mass is 10.0. The number of hydrogen-bond acceptors (Lipinski definition) is 10. The molecular formula is C60H111O11P. The van der Waals surface area contributed by atoms with E-state index in [1.54, 1.807) is 0 Å². The number of allylic oxidation sites excluding steroid dienone is 6. The van der Waals surface area contributed by atoms with Crippen LogP contribution in [0.1, 0.15) is 290 Å². The zero-order chi connectivity index (χ0) is 52.7. The van der Waals surface area contributed by atoms with Crippen LogP contribution in [0, 0.1) is 0 Å². The van der Waals surface area contributed by atoms with Crippen LogP contribution in [0.4, 0.5) is 0 Å². The minimum absolute atomic E-state index is 0.155. The van der Waals surface area contributed by atoms with Crippen LogP contribution >= 0.6 is 7.82 Å². The van der Waals surface area contributed by atoms with Crippen molar-refractivity contribution in [3.63, 3.8) is 0 Å². The summed E-state index contributed by atoms with van der Waals surface area (Å²) in [6, 6.07) is 0. The van der Waals surface area contributed by atoms with Gasteiger partial charge in [-0.1, -0.05) is 231 Å². The fourth-order valence-electron chi connectivity index (χ4n) is 8.44. The van der Waals surface area contributed by atoms with Crippen molar-refractivity contribution in [1.29, 1.82) is 0 Å². The van der Waals surface area contributed by atoms with Gasteiger partial charge in [-0.3, -0.25) is 23.4 Å². The maximum Gasteiger partial charge on any atom is 0.472 e. The van der Waals surface area contributed by atoms with E-state index in [0.717, 1.165) is 103 Å². The molecule has 12 heteroatoms. The number of carbonyl (C=O) groups excluding carboxylic acids is 3. The fraction of sp³-hybridized carbons (Fsp3) is 0.850. The third-order valence-electron chi connectivity index (χ3n) is 13.0. The van der Waals surface area contributed by atoms with Gasteiger partial charge in [0.25, 0.3) is 0 Å². The maximum absolute atomic E-state index is 12.9. The molecule has 0 bridgehead atoms. The molecule has 422 valence electrons. The SMILES string of the molecule is CCCCC/C=C\C/C=C\CCCCCCCC(=O)OC(COC(=O)CCCCCCCCCCCCCCCCCCC)COP(=O)(O)OCC(CO)OC(=O)CCCCCCC/C=C\CCCCCC. The van der Waals surface area contributed by atoms with Gasteiger partial charge in [-0.2, -0.15) is 0 Å². The van der Waals surface area contributed by atoms with Crippen molar-refractivity contribution in [2.45, 2.75) is 303 Å². The van der Waals surface area contributed by atoms with E-state index in [-0.39, 0.29) is 25.9 Å². The number of carbonyl (C=O) groups is 3. The van der Waals surface area contributed by atoms with Crippen molar-refractivity contribution in [3.05, 3.63) is 36.5 Å². The molecule has 3 unspecified atom stereocenters. The average molecular weight is 1040 g/mol. The first-order valence-corrected chi connectivity index (χ1v) is 31.4. The predicted molar refractivity (Wildman–Crippen MR) is 298 cm³/mol. The van der Waals surface area contributed by atoms with Gasteiger partial charge in [-0.25, -0.2) is 4.57 Å². The molecule has 0 aliphatic rings. The monoisotopic (exact) mass is 1040 g/mol. The Morgan fingerprint density at radius 2 is 0.681 bits per heavy atom.